The molecule has 11 atom stereocenters. The minimum Gasteiger partial charge on any atom is -0.463 e. The van der Waals surface area contributed by atoms with E-state index in [4.69, 9.17) is 53.1 Å². The summed E-state index contributed by atoms with van der Waals surface area (Å²) >= 11 is 0. The number of nitrogens with two attached hydrogens (primary N) is 1. The van der Waals surface area contributed by atoms with Gasteiger partial charge in [-0.15, -0.1) is 0 Å². The van der Waals surface area contributed by atoms with Crippen LogP contribution < -0.4 is 16.4 Å². The zero-order valence-corrected chi connectivity index (χ0v) is 41.5. The van der Waals surface area contributed by atoms with Crippen molar-refractivity contribution in [2.45, 2.75) is 108 Å². The number of ether oxygens (including phenoxy) is 10. The van der Waals surface area contributed by atoms with E-state index in [9.17, 15) is 47.9 Å². The second kappa shape index (κ2) is 27.1. The zero-order valence-electron chi connectivity index (χ0n) is 41.5. The molecule has 6 rings (SSSR count). The minimum absolute atomic E-state index is 0.00786. The smallest absolute Gasteiger partial charge is 0.338 e. The van der Waals surface area contributed by atoms with Crippen LogP contribution >= 0.6 is 0 Å². The molecule has 76 heavy (non-hydrogen) atoms. The van der Waals surface area contributed by atoms with E-state index in [1.807, 2.05) is 0 Å². The summed E-state index contributed by atoms with van der Waals surface area (Å²) in [4.78, 5) is 132. The fourth-order valence-electron chi connectivity index (χ4n) is 8.00. The molecule has 0 bridgehead atoms. The summed E-state index contributed by atoms with van der Waals surface area (Å²) < 4.78 is 59.0. The first-order valence-corrected chi connectivity index (χ1v) is 23.7. The lowest BCUT2D eigenvalue weighted by Gasteiger charge is -2.46. The maximum atomic E-state index is 14.2. The van der Waals surface area contributed by atoms with Crippen molar-refractivity contribution in [3.05, 3.63) is 144 Å². The molecule has 3 amide bonds. The Balaban J connectivity index is 1.43. The second-order valence-electron chi connectivity index (χ2n) is 17.1. The standard InChI is InChI=1S/C53H55N3O20/c1-29(57)67-27-39-41(69-30(2)58)44(70-31(3)59)46(71-32(4)60)53(73-39)68-28-38-42(74-50(64)34-19-11-6-12-20-34)43(75-51(65)35-21-13-7-14-22-35)45(76-52(66)36-23-15-8-16-24-36)49(72-38)56-40(61)26-25-37(47(54)62)55-48(63)33-17-9-5-10-18-33/h5-24,37-39,41-46,49,53H,25-28H2,1-4H3,(H2,54,62)(H,55,63)(H,56,61)/t37-,38+,39+,41-,42-,43-,44-,45+,46+,49+,53+/m0/s1. The Hall–Kier alpha value is -8.54. The SMILES string of the molecule is CC(=O)OC[C@H]1O[C@@H](OC[C@H]2O[C@@H](NC(=O)CC[C@H](NC(=O)c3ccccc3)C(N)=O)[C@H](OC(=O)c3ccccc3)[C@@H](OC(=O)c3ccccc3)[C@H]2OC(=O)c2ccccc2)[C@H](OC(C)=O)[C@@H](OC(C)=O)[C@H]1OC(C)=O. The molecule has 0 spiro atoms. The van der Waals surface area contributed by atoms with Crippen LogP contribution in [0.2, 0.25) is 0 Å². The van der Waals surface area contributed by atoms with Crippen molar-refractivity contribution in [1.82, 2.24) is 10.6 Å². The molecule has 2 aliphatic rings. The average Bonchev–Trinajstić information content (AvgIpc) is 3.41. The van der Waals surface area contributed by atoms with Gasteiger partial charge in [0.05, 0.1) is 23.3 Å². The largest absolute Gasteiger partial charge is 0.463 e. The molecule has 4 aromatic rings. The zero-order chi connectivity index (χ0) is 54.9. The van der Waals surface area contributed by atoms with Crippen molar-refractivity contribution in [3.8, 4) is 0 Å². The minimum atomic E-state index is -1.90. The van der Waals surface area contributed by atoms with Crippen LogP contribution in [0.15, 0.2) is 121 Å². The van der Waals surface area contributed by atoms with Gasteiger partial charge in [-0.2, -0.15) is 0 Å². The number of benzene rings is 4. The third kappa shape index (κ3) is 16.0. The Morgan fingerprint density at radius 3 is 1.37 bits per heavy atom. The number of carbonyl (C=O) groups is 10. The number of primary amides is 1. The molecular formula is C53H55N3O20. The lowest BCUT2D eigenvalue weighted by molar-refractivity contribution is -0.319. The van der Waals surface area contributed by atoms with E-state index in [2.05, 4.69) is 10.6 Å². The highest BCUT2D eigenvalue weighted by atomic mass is 16.7. The fraction of sp³-hybridized carbons (Fsp3) is 0.358. The van der Waals surface area contributed by atoms with E-state index in [1.165, 1.54) is 84.9 Å². The Labute approximate surface area is 434 Å². The first-order valence-electron chi connectivity index (χ1n) is 23.7. The van der Waals surface area contributed by atoms with Crippen molar-refractivity contribution >= 4 is 59.5 Å². The van der Waals surface area contributed by atoms with E-state index in [1.54, 1.807) is 36.4 Å². The summed E-state index contributed by atoms with van der Waals surface area (Å²) in [6.07, 6.45) is -18.4. The van der Waals surface area contributed by atoms with Crippen LogP contribution in [-0.4, -0.2) is 140 Å². The van der Waals surface area contributed by atoms with Gasteiger partial charge >= 0.3 is 41.8 Å². The van der Waals surface area contributed by atoms with Gasteiger partial charge in [-0.3, -0.25) is 33.6 Å². The number of amides is 3. The maximum Gasteiger partial charge on any atom is 0.338 e. The van der Waals surface area contributed by atoms with Gasteiger partial charge < -0.3 is 63.7 Å². The predicted octanol–water partition coefficient (Wildman–Crippen LogP) is 2.67. The number of hydrogen-bond acceptors (Lipinski definition) is 20. The quantitative estimate of drug-likeness (QED) is 0.0798. The summed E-state index contributed by atoms with van der Waals surface area (Å²) in [7, 11) is 0. The molecule has 0 aromatic heterocycles. The van der Waals surface area contributed by atoms with Gasteiger partial charge in [0.1, 0.15) is 24.9 Å². The van der Waals surface area contributed by atoms with Crippen LogP contribution in [0.3, 0.4) is 0 Å². The molecule has 23 nitrogen and oxygen atoms in total. The van der Waals surface area contributed by atoms with Crippen molar-refractivity contribution in [2.24, 2.45) is 5.73 Å². The molecule has 0 radical (unpaired) electrons. The third-order valence-corrected chi connectivity index (χ3v) is 11.4. The van der Waals surface area contributed by atoms with Crippen LogP contribution in [0.5, 0.6) is 0 Å². The maximum absolute atomic E-state index is 14.2. The van der Waals surface area contributed by atoms with E-state index in [-0.39, 0.29) is 28.7 Å². The average molecular weight is 1050 g/mol. The summed E-state index contributed by atoms with van der Waals surface area (Å²) in [5, 5.41) is 5.10. The Morgan fingerprint density at radius 1 is 0.487 bits per heavy atom. The molecule has 23 heteroatoms. The Morgan fingerprint density at radius 2 is 0.895 bits per heavy atom. The molecule has 0 saturated carbocycles. The van der Waals surface area contributed by atoms with Crippen LogP contribution in [-0.2, 0) is 76.1 Å². The van der Waals surface area contributed by atoms with Crippen molar-refractivity contribution < 1.29 is 95.3 Å². The molecule has 402 valence electrons. The first-order chi connectivity index (χ1) is 36.4. The van der Waals surface area contributed by atoms with Gasteiger partial charge in [-0.25, -0.2) is 14.4 Å². The van der Waals surface area contributed by atoms with E-state index < -0.39 is 147 Å². The lowest BCUT2D eigenvalue weighted by atomic mass is 9.96. The highest BCUT2D eigenvalue weighted by molar-refractivity contribution is 5.97. The van der Waals surface area contributed by atoms with Crippen LogP contribution in [0, 0.1) is 0 Å². The van der Waals surface area contributed by atoms with Crippen molar-refractivity contribution in [1.29, 1.82) is 0 Å². The van der Waals surface area contributed by atoms with Gasteiger partial charge in [0.15, 0.2) is 49.1 Å². The number of rotatable bonds is 21. The highest BCUT2D eigenvalue weighted by Gasteiger charge is 2.56. The number of esters is 7. The molecule has 2 saturated heterocycles. The summed E-state index contributed by atoms with van der Waals surface area (Å²) in [6, 6.07) is 29.1. The third-order valence-electron chi connectivity index (χ3n) is 11.4. The van der Waals surface area contributed by atoms with Crippen LogP contribution in [0.25, 0.3) is 0 Å². The molecule has 2 heterocycles. The second-order valence-corrected chi connectivity index (χ2v) is 17.1. The van der Waals surface area contributed by atoms with Crippen LogP contribution in [0.4, 0.5) is 0 Å². The van der Waals surface area contributed by atoms with Crippen LogP contribution in [0.1, 0.15) is 82.0 Å². The topological polar surface area (TPSA) is 313 Å². The normalized spacial score (nSPS) is 23.2. The van der Waals surface area contributed by atoms with Gasteiger partial charge in [-0.05, 0) is 55.0 Å². The Bertz CT molecular complexity index is 2690. The molecular weight excluding hydrogens is 999 g/mol. The fourth-order valence-corrected chi connectivity index (χ4v) is 8.00. The van der Waals surface area contributed by atoms with Gasteiger partial charge in [-0.1, -0.05) is 72.8 Å². The molecule has 0 unspecified atom stereocenters. The van der Waals surface area contributed by atoms with Gasteiger partial charge in [0.2, 0.25) is 11.8 Å². The predicted molar refractivity (Wildman–Crippen MR) is 258 cm³/mol. The lowest BCUT2D eigenvalue weighted by Crippen LogP contribution is -2.67. The van der Waals surface area contributed by atoms with Crippen molar-refractivity contribution in [2.75, 3.05) is 13.2 Å². The molecule has 4 N–H and O–H groups in total. The number of nitrogens with one attached hydrogen (secondary N) is 2. The summed E-state index contributed by atoms with van der Waals surface area (Å²) in [5.41, 5.74) is 5.81. The van der Waals surface area contributed by atoms with Gasteiger partial charge in [0, 0.05) is 39.7 Å². The first kappa shape index (κ1) is 56.8. The monoisotopic (exact) mass is 1050 g/mol. The van der Waals surface area contributed by atoms with E-state index in [0.717, 1.165) is 27.7 Å². The summed E-state index contributed by atoms with van der Waals surface area (Å²) in [6.45, 7) is 2.69. The summed E-state index contributed by atoms with van der Waals surface area (Å²) in [5.74, 6) is -9.18. The van der Waals surface area contributed by atoms with E-state index in [0.29, 0.717) is 0 Å². The number of hydrogen-bond donors (Lipinski definition) is 3. The van der Waals surface area contributed by atoms with Gasteiger partial charge in [0.25, 0.3) is 5.91 Å². The molecule has 0 aliphatic carbocycles. The Kier molecular flexibility index (Phi) is 20.3. The number of carbonyl (C=O) groups excluding carboxylic acids is 10. The molecule has 2 aliphatic heterocycles. The molecule has 2 fully saturated rings. The molecule has 4 aromatic carbocycles. The van der Waals surface area contributed by atoms with E-state index >= 15 is 0 Å². The highest BCUT2D eigenvalue weighted by Crippen LogP contribution is 2.34. The van der Waals surface area contributed by atoms with Crippen molar-refractivity contribution in [3.63, 3.8) is 0 Å².